The van der Waals surface area contributed by atoms with E-state index in [0.29, 0.717) is 5.56 Å². The van der Waals surface area contributed by atoms with Gasteiger partial charge in [0.25, 0.3) is 11.5 Å². The van der Waals surface area contributed by atoms with Gasteiger partial charge in [-0.15, -0.1) is 11.3 Å². The molecule has 1 amide bonds. The molecule has 2 aromatic carbocycles. The lowest BCUT2D eigenvalue weighted by Crippen LogP contribution is -2.29. The minimum atomic E-state index is -1.04. The largest absolute Gasteiger partial charge is 0.507 e. The van der Waals surface area contributed by atoms with Crippen molar-refractivity contribution in [2.24, 2.45) is 0 Å². The molecule has 1 saturated heterocycles. The monoisotopic (exact) mass is 425 g/mol. The fraction of sp³-hybridized carbons (Fsp3) is 0.0500. The molecule has 1 aromatic heterocycles. The zero-order valence-electron chi connectivity index (χ0n) is 15.1. The van der Waals surface area contributed by atoms with Crippen molar-refractivity contribution in [3.63, 3.8) is 0 Å². The smallest absolute Gasteiger partial charge is 0.301 e. The fourth-order valence-corrected chi connectivity index (χ4v) is 3.89. The average molecular weight is 425 g/mol. The van der Waals surface area contributed by atoms with Crippen molar-refractivity contribution in [1.29, 1.82) is 0 Å². The highest BCUT2D eigenvalue weighted by Gasteiger charge is 2.47. The van der Waals surface area contributed by atoms with Crippen molar-refractivity contribution >= 4 is 39.6 Å². The molecule has 1 aliphatic rings. The molecular formula is C20H12FN3O5S. The molecule has 0 saturated carbocycles. The standard InChI is InChI=1S/C20H12FN3O5S/c21-13-5-1-11(2-6-13)16-15(17(25)12-3-7-14(8-4-12)24(28)29)18(26)19(27)23(16)20-22-9-10-30-20/h1-10,16,25H/t16-/m1/s1. The van der Waals surface area contributed by atoms with Crippen LogP contribution >= 0.6 is 11.3 Å². The number of hydrogen-bond donors (Lipinski definition) is 1. The Bertz CT molecular complexity index is 1170. The van der Waals surface area contributed by atoms with Crippen LogP contribution in [0.2, 0.25) is 0 Å². The molecule has 1 fully saturated rings. The number of benzene rings is 2. The Morgan fingerprint density at radius 3 is 2.37 bits per heavy atom. The average Bonchev–Trinajstić information content (AvgIpc) is 3.35. The summed E-state index contributed by atoms with van der Waals surface area (Å²) in [6.07, 6.45) is 1.47. The van der Waals surface area contributed by atoms with Gasteiger partial charge >= 0.3 is 5.91 Å². The van der Waals surface area contributed by atoms with Crippen LogP contribution in [0.4, 0.5) is 15.2 Å². The molecule has 0 bridgehead atoms. The number of Topliss-reactive ketones (excluding diaryl/α,β-unsaturated/α-hetero) is 1. The molecule has 10 heteroatoms. The summed E-state index contributed by atoms with van der Waals surface area (Å²) in [5.74, 6) is -2.81. The maximum atomic E-state index is 13.4. The second-order valence-corrected chi connectivity index (χ2v) is 7.21. The summed E-state index contributed by atoms with van der Waals surface area (Å²) in [4.78, 5) is 41.1. The maximum Gasteiger partial charge on any atom is 0.301 e. The van der Waals surface area contributed by atoms with Crippen LogP contribution in [0.1, 0.15) is 17.2 Å². The van der Waals surface area contributed by atoms with Crippen molar-refractivity contribution in [2.45, 2.75) is 6.04 Å². The van der Waals surface area contributed by atoms with E-state index in [4.69, 9.17) is 0 Å². The first kappa shape index (κ1) is 19.4. The van der Waals surface area contributed by atoms with E-state index >= 15 is 0 Å². The number of nitro benzene ring substituents is 1. The summed E-state index contributed by atoms with van der Waals surface area (Å²) in [5.41, 5.74) is 0.125. The Balaban J connectivity index is 1.90. The normalized spacial score (nSPS) is 18.0. The molecule has 0 spiro atoms. The highest BCUT2D eigenvalue weighted by atomic mass is 32.1. The Kier molecular flexibility index (Phi) is 4.84. The van der Waals surface area contributed by atoms with Gasteiger partial charge in [0.15, 0.2) is 5.13 Å². The number of carbonyl (C=O) groups is 2. The highest BCUT2D eigenvalue weighted by molar-refractivity contribution is 7.14. The lowest BCUT2D eigenvalue weighted by molar-refractivity contribution is -0.384. The summed E-state index contributed by atoms with van der Waals surface area (Å²) < 4.78 is 13.4. The van der Waals surface area contributed by atoms with Crippen molar-refractivity contribution in [3.05, 3.63) is 92.7 Å². The first-order valence-corrected chi connectivity index (χ1v) is 9.47. The Morgan fingerprint density at radius 2 is 1.80 bits per heavy atom. The number of rotatable bonds is 4. The lowest BCUT2D eigenvalue weighted by atomic mass is 9.95. The highest BCUT2D eigenvalue weighted by Crippen LogP contribution is 2.42. The van der Waals surface area contributed by atoms with Crippen LogP contribution in [0.5, 0.6) is 0 Å². The van der Waals surface area contributed by atoms with Gasteiger partial charge in [0, 0.05) is 29.3 Å². The molecule has 0 aliphatic carbocycles. The zero-order valence-corrected chi connectivity index (χ0v) is 15.9. The SMILES string of the molecule is O=C1C(=O)N(c2nccs2)[C@H](c2ccc(F)cc2)C1=C(O)c1ccc([N+](=O)[O-])cc1. The quantitative estimate of drug-likeness (QED) is 0.224. The number of thiazole rings is 1. The van der Waals surface area contributed by atoms with Crippen LogP contribution in [0.25, 0.3) is 5.76 Å². The van der Waals surface area contributed by atoms with Crippen LogP contribution in [0.15, 0.2) is 65.7 Å². The van der Waals surface area contributed by atoms with Gasteiger partial charge in [-0.05, 0) is 29.8 Å². The number of halogens is 1. The predicted molar refractivity (Wildman–Crippen MR) is 106 cm³/mol. The number of hydrogen-bond acceptors (Lipinski definition) is 7. The van der Waals surface area contributed by atoms with Gasteiger partial charge in [-0.2, -0.15) is 0 Å². The van der Waals surface area contributed by atoms with Gasteiger partial charge in [0.05, 0.1) is 16.5 Å². The number of aliphatic hydroxyl groups is 1. The molecule has 2 heterocycles. The Morgan fingerprint density at radius 1 is 1.13 bits per heavy atom. The summed E-state index contributed by atoms with van der Waals surface area (Å²) in [7, 11) is 0. The first-order chi connectivity index (χ1) is 14.4. The van der Waals surface area contributed by atoms with E-state index in [1.54, 1.807) is 5.38 Å². The number of non-ortho nitro benzene ring substituents is 1. The van der Waals surface area contributed by atoms with Gasteiger partial charge in [-0.3, -0.25) is 24.6 Å². The second kappa shape index (κ2) is 7.48. The van der Waals surface area contributed by atoms with E-state index in [2.05, 4.69) is 4.98 Å². The number of anilines is 1. The first-order valence-electron chi connectivity index (χ1n) is 8.59. The zero-order chi connectivity index (χ0) is 21.4. The topological polar surface area (TPSA) is 114 Å². The van der Waals surface area contributed by atoms with Crippen molar-refractivity contribution in [2.75, 3.05) is 4.90 Å². The molecule has 1 N–H and O–H groups in total. The molecule has 3 aromatic rings. The second-order valence-electron chi connectivity index (χ2n) is 6.34. The third-order valence-corrected chi connectivity index (χ3v) is 5.38. The molecule has 30 heavy (non-hydrogen) atoms. The minimum Gasteiger partial charge on any atom is -0.507 e. The van der Waals surface area contributed by atoms with Gasteiger partial charge in [-0.1, -0.05) is 12.1 Å². The van der Waals surface area contributed by atoms with Crippen LogP contribution in [-0.4, -0.2) is 26.7 Å². The van der Waals surface area contributed by atoms with Crippen molar-refractivity contribution in [1.82, 2.24) is 4.98 Å². The van der Waals surface area contributed by atoms with Gasteiger partial charge < -0.3 is 5.11 Å². The molecular weight excluding hydrogens is 413 g/mol. The lowest BCUT2D eigenvalue weighted by Gasteiger charge is -2.22. The number of nitro groups is 1. The van der Waals surface area contributed by atoms with E-state index in [1.807, 2.05) is 0 Å². The minimum absolute atomic E-state index is 0.129. The third-order valence-electron chi connectivity index (χ3n) is 4.61. The summed E-state index contributed by atoms with van der Waals surface area (Å²) in [6, 6.07) is 9.08. The van der Waals surface area contributed by atoms with Crippen LogP contribution in [-0.2, 0) is 9.59 Å². The number of amides is 1. The number of aromatic nitrogens is 1. The number of ketones is 1. The fourth-order valence-electron chi connectivity index (χ4n) is 3.22. The summed E-state index contributed by atoms with van der Waals surface area (Å²) in [6.45, 7) is 0. The van der Waals surface area contributed by atoms with Crippen LogP contribution in [0, 0.1) is 15.9 Å². The van der Waals surface area contributed by atoms with Gasteiger partial charge in [-0.25, -0.2) is 9.37 Å². The molecule has 1 atom stereocenters. The molecule has 0 unspecified atom stereocenters. The Labute approximate surface area is 172 Å². The van der Waals surface area contributed by atoms with E-state index in [9.17, 15) is 29.2 Å². The van der Waals surface area contributed by atoms with E-state index in [0.717, 1.165) is 16.2 Å². The summed E-state index contributed by atoms with van der Waals surface area (Å²) in [5, 5.41) is 23.6. The van der Waals surface area contributed by atoms with E-state index < -0.39 is 34.2 Å². The number of carbonyl (C=O) groups excluding carboxylic acids is 2. The molecule has 0 radical (unpaired) electrons. The summed E-state index contributed by atoms with van der Waals surface area (Å²) >= 11 is 1.13. The molecule has 4 rings (SSSR count). The molecule has 1 aliphatic heterocycles. The van der Waals surface area contributed by atoms with Crippen LogP contribution in [0.3, 0.4) is 0 Å². The third kappa shape index (κ3) is 3.22. The number of nitrogens with zero attached hydrogens (tertiary/aromatic N) is 3. The molecule has 8 nitrogen and oxygen atoms in total. The predicted octanol–water partition coefficient (Wildman–Crippen LogP) is 3.82. The van der Waals surface area contributed by atoms with Gasteiger partial charge in [0.2, 0.25) is 0 Å². The van der Waals surface area contributed by atoms with E-state index in [1.165, 1.54) is 54.7 Å². The number of aliphatic hydroxyl groups excluding tert-OH is 1. The Hall–Kier alpha value is -3.92. The maximum absolute atomic E-state index is 13.4. The van der Waals surface area contributed by atoms with Gasteiger partial charge in [0.1, 0.15) is 11.6 Å². The van der Waals surface area contributed by atoms with Crippen molar-refractivity contribution < 1.29 is 24.0 Å². The van der Waals surface area contributed by atoms with Crippen molar-refractivity contribution in [3.8, 4) is 0 Å². The van der Waals surface area contributed by atoms with Crippen LogP contribution < -0.4 is 4.90 Å². The molecule has 150 valence electrons. The van der Waals surface area contributed by atoms with E-state index in [-0.39, 0.29) is 22.0 Å².